The Bertz CT molecular complexity index is 753. The molecule has 2 rings (SSSR count). The van der Waals surface area contributed by atoms with Gasteiger partial charge >= 0.3 is 6.55 Å². The van der Waals surface area contributed by atoms with Crippen LogP contribution in [0.4, 0.5) is 14.5 Å². The third kappa shape index (κ3) is 3.94. The van der Waals surface area contributed by atoms with Crippen molar-refractivity contribution in [1.82, 2.24) is 14.5 Å². The van der Waals surface area contributed by atoms with Crippen molar-refractivity contribution in [3.05, 3.63) is 48.0 Å². The van der Waals surface area contributed by atoms with Gasteiger partial charge in [0, 0.05) is 12.4 Å². The van der Waals surface area contributed by atoms with Crippen LogP contribution in [0.25, 0.3) is 0 Å². The number of benzene rings is 1. The maximum atomic E-state index is 12.8. The Morgan fingerprint density at radius 1 is 1.46 bits per heavy atom. The summed E-state index contributed by atoms with van der Waals surface area (Å²) in [5.41, 5.74) is 0.772. The molecular formula is C16H17F2N5O. The Morgan fingerprint density at radius 2 is 2.17 bits per heavy atom. The number of para-hydroxylation sites is 1. The number of alkyl halides is 2. The summed E-state index contributed by atoms with van der Waals surface area (Å²) >= 11 is 0. The minimum absolute atomic E-state index is 0.0891. The summed E-state index contributed by atoms with van der Waals surface area (Å²) in [5, 5.41) is 11.7. The van der Waals surface area contributed by atoms with E-state index in [1.165, 1.54) is 12.4 Å². The lowest BCUT2D eigenvalue weighted by Gasteiger charge is -2.24. The zero-order valence-corrected chi connectivity index (χ0v) is 13.3. The molecule has 0 spiro atoms. The summed E-state index contributed by atoms with van der Waals surface area (Å²) in [6.45, 7) is -0.936. The Morgan fingerprint density at radius 3 is 2.83 bits per heavy atom. The lowest BCUT2D eigenvalue weighted by atomic mass is 10.2. The predicted octanol–water partition coefficient (Wildman–Crippen LogP) is 2.61. The van der Waals surface area contributed by atoms with Gasteiger partial charge in [-0.25, -0.2) is 4.98 Å². The number of likely N-dealkylation sites (N-methyl/N-ethyl adjacent to an activating group) is 1. The molecule has 1 heterocycles. The zero-order chi connectivity index (χ0) is 17.7. The van der Waals surface area contributed by atoms with Gasteiger partial charge in [0.25, 0.3) is 0 Å². The number of amides is 1. The summed E-state index contributed by atoms with van der Waals surface area (Å²) in [4.78, 5) is 17.8. The molecule has 1 aromatic heterocycles. The van der Waals surface area contributed by atoms with Gasteiger partial charge in [0.15, 0.2) is 0 Å². The number of nitriles is 1. The number of aromatic nitrogens is 2. The monoisotopic (exact) mass is 333 g/mol. The first-order chi connectivity index (χ1) is 11.4. The van der Waals surface area contributed by atoms with Crippen molar-refractivity contribution in [2.24, 2.45) is 0 Å². The van der Waals surface area contributed by atoms with Crippen molar-refractivity contribution in [3.63, 3.8) is 0 Å². The summed E-state index contributed by atoms with van der Waals surface area (Å²) in [5.74, 6) is -0.167. The molecule has 24 heavy (non-hydrogen) atoms. The number of rotatable bonds is 6. The number of nitrogens with zero attached hydrogens (tertiary/aromatic N) is 4. The molecule has 6 nitrogen and oxygen atoms in total. The first-order valence-electron chi connectivity index (χ1n) is 7.24. The predicted molar refractivity (Wildman–Crippen MR) is 84.2 cm³/mol. The van der Waals surface area contributed by atoms with Crippen LogP contribution < -0.4 is 5.32 Å². The standard InChI is InChI=1S/C16H17F2N5O/c1-11(15(24)21-13-6-4-3-5-12(13)9-19)22(2)10-14-20-7-8-23(14)16(17)18/h3-8,11,16H,10H2,1-2H3,(H,21,24)/t11-/m1/s1. The van der Waals surface area contributed by atoms with Gasteiger partial charge in [-0.3, -0.25) is 14.3 Å². The fraction of sp³-hybridized carbons (Fsp3) is 0.312. The molecule has 0 aliphatic heterocycles. The van der Waals surface area contributed by atoms with Crippen molar-refractivity contribution >= 4 is 11.6 Å². The largest absolute Gasteiger partial charge is 0.324 e. The van der Waals surface area contributed by atoms with Crippen LogP contribution in [0.3, 0.4) is 0 Å². The highest BCUT2D eigenvalue weighted by atomic mass is 19.3. The molecule has 0 bridgehead atoms. The third-order valence-corrected chi connectivity index (χ3v) is 3.70. The average molecular weight is 333 g/mol. The van der Waals surface area contributed by atoms with Crippen molar-refractivity contribution in [3.8, 4) is 6.07 Å². The minimum Gasteiger partial charge on any atom is -0.324 e. The van der Waals surface area contributed by atoms with Gasteiger partial charge in [0.1, 0.15) is 11.9 Å². The number of anilines is 1. The van der Waals surface area contributed by atoms with Crippen LogP contribution in [0.1, 0.15) is 24.9 Å². The third-order valence-electron chi connectivity index (χ3n) is 3.70. The molecular weight excluding hydrogens is 316 g/mol. The van der Waals surface area contributed by atoms with E-state index in [-0.39, 0.29) is 18.3 Å². The molecule has 0 saturated heterocycles. The highest BCUT2D eigenvalue weighted by molar-refractivity contribution is 5.95. The summed E-state index contributed by atoms with van der Waals surface area (Å²) in [6.07, 6.45) is 2.49. The van der Waals surface area contributed by atoms with Crippen molar-refractivity contribution in [2.75, 3.05) is 12.4 Å². The van der Waals surface area contributed by atoms with Crippen molar-refractivity contribution < 1.29 is 13.6 Å². The van der Waals surface area contributed by atoms with E-state index in [9.17, 15) is 13.6 Å². The molecule has 0 saturated carbocycles. The topological polar surface area (TPSA) is 74.0 Å². The first kappa shape index (κ1) is 17.6. The quantitative estimate of drug-likeness (QED) is 0.882. The lowest BCUT2D eigenvalue weighted by Crippen LogP contribution is -2.39. The summed E-state index contributed by atoms with van der Waals surface area (Å²) in [6, 6.07) is 8.05. The second-order valence-electron chi connectivity index (χ2n) is 5.27. The average Bonchev–Trinajstić information content (AvgIpc) is 3.02. The second-order valence-corrected chi connectivity index (χ2v) is 5.27. The molecule has 0 aliphatic rings. The highest BCUT2D eigenvalue weighted by Gasteiger charge is 2.21. The van der Waals surface area contributed by atoms with Crippen LogP contribution in [0.15, 0.2) is 36.7 Å². The van der Waals surface area contributed by atoms with E-state index in [0.29, 0.717) is 11.3 Å². The van der Waals surface area contributed by atoms with Crippen LogP contribution >= 0.6 is 0 Å². The highest BCUT2D eigenvalue weighted by Crippen LogP contribution is 2.16. The molecule has 0 unspecified atom stereocenters. The van der Waals surface area contributed by atoms with Gasteiger partial charge in [-0.15, -0.1) is 0 Å². The molecule has 0 fully saturated rings. The van der Waals surface area contributed by atoms with E-state index in [1.54, 1.807) is 43.1 Å². The number of carbonyl (C=O) groups is 1. The Balaban J connectivity index is 2.04. The van der Waals surface area contributed by atoms with Crippen LogP contribution in [-0.2, 0) is 11.3 Å². The smallest absolute Gasteiger partial charge is 0.319 e. The van der Waals surface area contributed by atoms with Crippen molar-refractivity contribution in [1.29, 1.82) is 5.26 Å². The Kier molecular flexibility index (Phi) is 5.60. The molecule has 0 aliphatic carbocycles. The van der Waals surface area contributed by atoms with Gasteiger partial charge < -0.3 is 5.32 Å². The number of nitrogens with one attached hydrogen (secondary N) is 1. The van der Waals surface area contributed by atoms with Crippen molar-refractivity contribution in [2.45, 2.75) is 26.1 Å². The Hall–Kier alpha value is -2.79. The molecule has 0 radical (unpaired) electrons. The van der Waals surface area contributed by atoms with E-state index < -0.39 is 12.6 Å². The normalized spacial score (nSPS) is 12.2. The van der Waals surface area contributed by atoms with E-state index in [2.05, 4.69) is 10.3 Å². The summed E-state index contributed by atoms with van der Waals surface area (Å²) < 4.78 is 26.4. The Labute approximate surface area is 138 Å². The second kappa shape index (κ2) is 7.66. The SMILES string of the molecule is C[C@H](C(=O)Nc1ccccc1C#N)N(C)Cc1nccn1C(F)F. The fourth-order valence-corrected chi connectivity index (χ4v) is 2.13. The van der Waals surface area contributed by atoms with Gasteiger partial charge in [0.2, 0.25) is 5.91 Å². The van der Waals surface area contributed by atoms with Crippen LogP contribution in [0.2, 0.25) is 0 Å². The molecule has 1 atom stereocenters. The number of hydrogen-bond donors (Lipinski definition) is 1. The van der Waals surface area contributed by atoms with E-state index >= 15 is 0 Å². The molecule has 1 N–H and O–H groups in total. The first-order valence-corrected chi connectivity index (χ1v) is 7.24. The van der Waals surface area contributed by atoms with E-state index in [1.807, 2.05) is 6.07 Å². The zero-order valence-electron chi connectivity index (χ0n) is 13.3. The van der Waals surface area contributed by atoms with E-state index in [0.717, 1.165) is 4.57 Å². The number of imidazole rings is 1. The minimum atomic E-state index is -2.68. The van der Waals surface area contributed by atoms with Gasteiger partial charge in [-0.1, -0.05) is 12.1 Å². The van der Waals surface area contributed by atoms with E-state index in [4.69, 9.17) is 5.26 Å². The van der Waals surface area contributed by atoms with Gasteiger partial charge in [0.05, 0.1) is 23.8 Å². The summed E-state index contributed by atoms with van der Waals surface area (Å²) in [7, 11) is 1.64. The number of halogens is 2. The number of hydrogen-bond acceptors (Lipinski definition) is 4. The fourth-order valence-electron chi connectivity index (χ4n) is 2.13. The molecule has 1 aromatic carbocycles. The van der Waals surface area contributed by atoms with Gasteiger partial charge in [-0.05, 0) is 26.1 Å². The molecule has 2 aromatic rings. The maximum absolute atomic E-state index is 12.8. The molecule has 8 heteroatoms. The molecule has 126 valence electrons. The maximum Gasteiger partial charge on any atom is 0.319 e. The number of carbonyl (C=O) groups excluding carboxylic acids is 1. The van der Waals surface area contributed by atoms with Crippen LogP contribution in [-0.4, -0.2) is 33.4 Å². The van der Waals surface area contributed by atoms with Gasteiger partial charge in [-0.2, -0.15) is 14.0 Å². The molecule has 1 amide bonds. The van der Waals surface area contributed by atoms with Crippen LogP contribution in [0, 0.1) is 11.3 Å². The van der Waals surface area contributed by atoms with Crippen LogP contribution in [0.5, 0.6) is 0 Å². The lowest BCUT2D eigenvalue weighted by molar-refractivity contribution is -0.120.